The minimum absolute atomic E-state index is 0.0559. The van der Waals surface area contributed by atoms with Crippen LogP contribution in [0.4, 0.5) is 8.78 Å². The van der Waals surface area contributed by atoms with E-state index in [-0.39, 0.29) is 22.6 Å². The van der Waals surface area contributed by atoms with Gasteiger partial charge in [-0.05, 0) is 61.3 Å². The first kappa shape index (κ1) is 29.7. The monoisotopic (exact) mass is 618 g/mol. The Bertz CT molecular complexity index is 1570. The molecule has 6 aromatic carbocycles. The van der Waals surface area contributed by atoms with Crippen LogP contribution in [-0.4, -0.2) is 12.7 Å². The van der Waals surface area contributed by atoms with Crippen molar-refractivity contribution in [2.75, 3.05) is 12.7 Å². The van der Waals surface area contributed by atoms with Crippen molar-refractivity contribution in [2.45, 2.75) is 0 Å². The van der Waals surface area contributed by atoms with Gasteiger partial charge in [0, 0.05) is 0 Å². The SMILES string of the molecule is Fc1cccc(OCP(c2ccccc2)c2ccccc2)c1-c1c(F)cccc1OCP(c1ccccc1)c1ccccc1. The van der Waals surface area contributed by atoms with Crippen LogP contribution in [0.15, 0.2) is 158 Å². The summed E-state index contributed by atoms with van der Waals surface area (Å²) in [6.07, 6.45) is 0.607. The average molecular weight is 619 g/mol. The van der Waals surface area contributed by atoms with E-state index in [4.69, 9.17) is 9.47 Å². The van der Waals surface area contributed by atoms with Gasteiger partial charge in [-0.1, -0.05) is 133 Å². The van der Waals surface area contributed by atoms with Crippen molar-refractivity contribution in [3.8, 4) is 22.6 Å². The first-order chi connectivity index (χ1) is 21.7. The number of hydrogen-bond acceptors (Lipinski definition) is 2. The second-order valence-corrected chi connectivity index (χ2v) is 14.3. The van der Waals surface area contributed by atoms with Crippen molar-refractivity contribution in [1.82, 2.24) is 0 Å². The molecule has 6 rings (SSSR count). The van der Waals surface area contributed by atoms with Crippen LogP contribution in [0.5, 0.6) is 11.5 Å². The van der Waals surface area contributed by atoms with E-state index in [9.17, 15) is 0 Å². The third-order valence-electron chi connectivity index (χ3n) is 7.17. The van der Waals surface area contributed by atoms with Crippen molar-refractivity contribution in [3.63, 3.8) is 0 Å². The van der Waals surface area contributed by atoms with E-state index in [2.05, 4.69) is 48.5 Å². The van der Waals surface area contributed by atoms with Crippen LogP contribution in [0.25, 0.3) is 11.1 Å². The predicted octanol–water partition coefficient (Wildman–Crippen LogP) is 8.57. The van der Waals surface area contributed by atoms with Crippen LogP contribution >= 0.6 is 15.8 Å². The molecule has 0 heterocycles. The molecule has 0 saturated carbocycles. The maximum Gasteiger partial charge on any atom is 0.135 e. The summed E-state index contributed by atoms with van der Waals surface area (Å²) in [5.41, 5.74) is 0.112. The lowest BCUT2D eigenvalue weighted by atomic mass is 10.0. The molecular weight excluding hydrogens is 588 g/mol. The molecule has 0 aliphatic rings. The molecule has 0 radical (unpaired) electrons. The van der Waals surface area contributed by atoms with Gasteiger partial charge >= 0.3 is 0 Å². The molecule has 44 heavy (non-hydrogen) atoms. The Kier molecular flexibility index (Phi) is 9.73. The molecule has 0 fully saturated rings. The fourth-order valence-electron chi connectivity index (χ4n) is 5.03. The number of ether oxygens (including phenoxy) is 2. The molecule has 0 aliphatic heterocycles. The van der Waals surface area contributed by atoms with Gasteiger partial charge in [0.25, 0.3) is 0 Å². The predicted molar refractivity (Wildman–Crippen MR) is 181 cm³/mol. The normalized spacial score (nSPS) is 11.1. The number of benzene rings is 6. The third-order valence-corrected chi connectivity index (χ3v) is 11.6. The van der Waals surface area contributed by atoms with Crippen LogP contribution in [-0.2, 0) is 0 Å². The van der Waals surface area contributed by atoms with Gasteiger partial charge < -0.3 is 9.47 Å². The summed E-state index contributed by atoms with van der Waals surface area (Å²) in [4.78, 5) is 0. The number of hydrogen-bond donors (Lipinski definition) is 0. The van der Waals surface area contributed by atoms with Gasteiger partial charge in [-0.25, -0.2) is 8.78 Å². The summed E-state index contributed by atoms with van der Waals surface area (Å²) < 4.78 is 44.2. The Morgan fingerprint density at radius 2 is 0.659 bits per heavy atom. The van der Waals surface area contributed by atoms with Crippen LogP contribution in [0, 0.1) is 11.6 Å². The summed E-state index contributed by atoms with van der Waals surface area (Å²) >= 11 is 0. The minimum atomic E-state index is -0.915. The molecule has 0 N–H and O–H groups in total. The van der Waals surface area contributed by atoms with Gasteiger partial charge in [-0.3, -0.25) is 0 Å². The second-order valence-electron chi connectivity index (χ2n) is 9.97. The highest BCUT2D eigenvalue weighted by Gasteiger charge is 2.24. The zero-order valence-corrected chi connectivity index (χ0v) is 25.7. The van der Waals surface area contributed by atoms with E-state index < -0.39 is 27.5 Å². The highest BCUT2D eigenvalue weighted by Crippen LogP contribution is 2.43. The van der Waals surface area contributed by atoms with Crippen LogP contribution in [0.1, 0.15) is 0 Å². The van der Waals surface area contributed by atoms with Gasteiger partial charge in [0.2, 0.25) is 0 Å². The standard InChI is InChI=1S/C38H30F2O2P2/c39-33-23-13-25-35(41-27-43(29-15-5-1-6-16-29)30-17-7-2-8-18-30)37(33)38-34(40)24-14-26-36(38)42-28-44(31-19-9-3-10-20-31)32-21-11-4-12-22-32/h1-26H,27-28H2. The van der Waals surface area contributed by atoms with E-state index in [0.717, 1.165) is 21.2 Å². The molecule has 0 saturated heterocycles. The Hall–Kier alpha value is -4.36. The molecule has 218 valence electrons. The average Bonchev–Trinajstić information content (AvgIpc) is 3.08. The molecule has 0 aromatic heterocycles. The molecule has 0 bridgehead atoms. The first-order valence-corrected chi connectivity index (χ1v) is 17.3. The smallest absolute Gasteiger partial charge is 0.135 e. The number of rotatable bonds is 11. The molecule has 6 aromatic rings. The Morgan fingerprint density at radius 3 is 0.955 bits per heavy atom. The number of halogens is 2. The maximum absolute atomic E-state index is 15.7. The summed E-state index contributed by atoms with van der Waals surface area (Å²) in [5.74, 6) is -0.607. The van der Waals surface area contributed by atoms with E-state index in [1.165, 1.54) is 12.1 Å². The Balaban J connectivity index is 1.33. The quantitative estimate of drug-likeness (QED) is 0.136. The summed E-state index contributed by atoms with van der Waals surface area (Å²) in [6.45, 7) is 0. The van der Waals surface area contributed by atoms with Crippen molar-refractivity contribution in [2.24, 2.45) is 0 Å². The maximum atomic E-state index is 15.7. The van der Waals surface area contributed by atoms with E-state index in [1.54, 1.807) is 24.3 Å². The molecule has 0 atom stereocenters. The van der Waals surface area contributed by atoms with Gasteiger partial charge in [0.05, 0.1) is 11.1 Å². The van der Waals surface area contributed by atoms with Crippen molar-refractivity contribution in [3.05, 3.63) is 169 Å². The largest absolute Gasteiger partial charge is 0.488 e. The molecule has 6 heteroatoms. The first-order valence-electron chi connectivity index (χ1n) is 14.3. The van der Waals surface area contributed by atoms with Gasteiger partial charge in [-0.2, -0.15) is 0 Å². The summed E-state index contributed by atoms with van der Waals surface area (Å²) in [7, 11) is -1.83. The van der Waals surface area contributed by atoms with E-state index >= 15 is 8.78 Å². The zero-order valence-electron chi connectivity index (χ0n) is 23.9. The highest BCUT2D eigenvalue weighted by molar-refractivity contribution is 7.73. The molecule has 2 nitrogen and oxygen atoms in total. The summed E-state index contributed by atoms with van der Waals surface area (Å²) in [5, 5.41) is 4.54. The van der Waals surface area contributed by atoms with Crippen molar-refractivity contribution in [1.29, 1.82) is 0 Å². The molecular formula is C38H30F2O2P2. The van der Waals surface area contributed by atoms with Crippen LogP contribution in [0.2, 0.25) is 0 Å². The lowest BCUT2D eigenvalue weighted by Gasteiger charge is -2.23. The highest BCUT2D eigenvalue weighted by atomic mass is 31.1. The fourth-order valence-corrected chi connectivity index (χ4v) is 8.89. The molecule has 0 spiro atoms. The van der Waals surface area contributed by atoms with Crippen molar-refractivity contribution < 1.29 is 18.3 Å². The van der Waals surface area contributed by atoms with E-state index in [1.807, 2.05) is 72.8 Å². The van der Waals surface area contributed by atoms with Crippen molar-refractivity contribution >= 4 is 37.1 Å². The van der Waals surface area contributed by atoms with E-state index in [0.29, 0.717) is 12.7 Å². The van der Waals surface area contributed by atoms with Crippen LogP contribution < -0.4 is 30.7 Å². The van der Waals surface area contributed by atoms with Gasteiger partial charge in [0.1, 0.15) is 35.8 Å². The topological polar surface area (TPSA) is 18.5 Å². The summed E-state index contributed by atoms with van der Waals surface area (Å²) in [6, 6.07) is 49.8. The molecule has 0 aliphatic carbocycles. The molecule has 0 amide bonds. The fraction of sp³-hybridized carbons (Fsp3) is 0.0526. The minimum Gasteiger partial charge on any atom is -0.488 e. The van der Waals surface area contributed by atoms with Gasteiger partial charge in [-0.15, -0.1) is 0 Å². The lowest BCUT2D eigenvalue weighted by Crippen LogP contribution is -2.17. The Morgan fingerprint density at radius 1 is 0.364 bits per heavy atom. The molecule has 0 unspecified atom stereocenters. The Labute approximate surface area is 259 Å². The van der Waals surface area contributed by atoms with Gasteiger partial charge in [0.15, 0.2) is 0 Å². The van der Waals surface area contributed by atoms with Crippen LogP contribution in [0.3, 0.4) is 0 Å². The third kappa shape index (κ3) is 6.89. The lowest BCUT2D eigenvalue weighted by molar-refractivity contribution is 0.381. The zero-order chi connectivity index (χ0) is 30.1. The second kappa shape index (κ2) is 14.4.